The minimum absolute atomic E-state index is 0.114. The Morgan fingerprint density at radius 3 is 2.48 bits per heavy atom. The summed E-state index contributed by atoms with van der Waals surface area (Å²) in [6.45, 7) is 0. The minimum Gasteiger partial charge on any atom is -0.298 e. The Labute approximate surface area is 135 Å². The van der Waals surface area contributed by atoms with Gasteiger partial charge in [0.1, 0.15) is 6.20 Å². The van der Waals surface area contributed by atoms with Crippen molar-refractivity contribution in [1.29, 1.82) is 0 Å². The Kier molecular flexibility index (Phi) is 4.11. The van der Waals surface area contributed by atoms with Crippen molar-refractivity contribution < 1.29 is 9.72 Å². The van der Waals surface area contributed by atoms with Crippen molar-refractivity contribution in [2.75, 3.05) is 5.32 Å². The number of amides is 1. The maximum atomic E-state index is 12.5. The average Bonchev–Trinajstić information content (AvgIpc) is 3.04. The van der Waals surface area contributed by atoms with Gasteiger partial charge < -0.3 is 0 Å². The highest BCUT2D eigenvalue weighted by Crippen LogP contribution is 2.27. The Morgan fingerprint density at radius 1 is 1.09 bits per heavy atom. The lowest BCUT2D eigenvalue weighted by atomic mass is 9.99. The fourth-order valence-corrected chi connectivity index (χ4v) is 2.75. The smallest absolute Gasteiger partial charge is 0.298 e. The average molecular weight is 325 g/mol. The summed E-state index contributed by atoms with van der Waals surface area (Å²) in [5.74, 6) is -0.353. The van der Waals surface area contributed by atoms with Crippen molar-refractivity contribution in [3.63, 3.8) is 0 Å². The van der Waals surface area contributed by atoms with Crippen LogP contribution in [0.3, 0.4) is 0 Å². The summed E-state index contributed by atoms with van der Waals surface area (Å²) >= 11 is 0.824. The molecule has 0 aliphatic rings. The number of hydrogen-bond acceptors (Lipinski definition) is 5. The molecule has 6 nitrogen and oxygen atoms in total. The summed E-state index contributed by atoms with van der Waals surface area (Å²) in [4.78, 5) is 26.5. The van der Waals surface area contributed by atoms with E-state index in [1.165, 1.54) is 0 Å². The standard InChI is InChI=1S/C16H11N3O3S/c20-15(18-16-17-10-14(23-16)19(21)22)13-9-5-4-8-12(13)11-6-2-1-3-7-11/h1-10H,(H,17,18,20). The largest absolute Gasteiger partial charge is 0.345 e. The van der Waals surface area contributed by atoms with Gasteiger partial charge in [-0.25, -0.2) is 4.98 Å². The molecule has 0 aliphatic carbocycles. The number of nitro groups is 1. The zero-order valence-electron chi connectivity index (χ0n) is 11.8. The lowest BCUT2D eigenvalue weighted by Gasteiger charge is -2.08. The first-order chi connectivity index (χ1) is 11.1. The number of carbonyl (C=O) groups excluding carboxylic acids is 1. The molecule has 3 aromatic rings. The Balaban J connectivity index is 1.89. The van der Waals surface area contributed by atoms with Gasteiger partial charge in [-0.3, -0.25) is 20.2 Å². The molecule has 23 heavy (non-hydrogen) atoms. The number of rotatable bonds is 4. The Hall–Kier alpha value is -3.06. The number of thiazole rings is 1. The van der Waals surface area contributed by atoms with E-state index < -0.39 is 4.92 Å². The predicted octanol–water partition coefficient (Wildman–Crippen LogP) is 3.97. The summed E-state index contributed by atoms with van der Waals surface area (Å²) in [5, 5.41) is 13.4. The van der Waals surface area contributed by atoms with E-state index in [0.29, 0.717) is 5.56 Å². The van der Waals surface area contributed by atoms with Gasteiger partial charge in [-0.15, -0.1) is 0 Å². The van der Waals surface area contributed by atoms with Crippen LogP contribution in [-0.2, 0) is 0 Å². The van der Waals surface area contributed by atoms with E-state index in [0.717, 1.165) is 28.7 Å². The van der Waals surface area contributed by atoms with Crippen LogP contribution < -0.4 is 5.32 Å². The summed E-state index contributed by atoms with van der Waals surface area (Å²) < 4.78 is 0. The molecule has 3 rings (SSSR count). The first-order valence-electron chi connectivity index (χ1n) is 6.71. The number of hydrogen-bond donors (Lipinski definition) is 1. The van der Waals surface area contributed by atoms with Crippen LogP contribution in [0.1, 0.15) is 10.4 Å². The molecule has 0 saturated carbocycles. The van der Waals surface area contributed by atoms with Crippen molar-refractivity contribution in [3.05, 3.63) is 76.5 Å². The first kappa shape index (κ1) is 14.9. The minimum atomic E-state index is -0.536. The molecule has 0 radical (unpaired) electrons. The zero-order chi connectivity index (χ0) is 16.2. The van der Waals surface area contributed by atoms with E-state index in [1.54, 1.807) is 12.1 Å². The monoisotopic (exact) mass is 325 g/mol. The van der Waals surface area contributed by atoms with E-state index in [2.05, 4.69) is 10.3 Å². The second kappa shape index (κ2) is 6.37. The zero-order valence-corrected chi connectivity index (χ0v) is 12.6. The molecule has 1 aromatic heterocycles. The van der Waals surface area contributed by atoms with Crippen LogP contribution in [0.4, 0.5) is 10.1 Å². The lowest BCUT2D eigenvalue weighted by molar-refractivity contribution is -0.380. The second-order valence-corrected chi connectivity index (χ2v) is 5.64. The van der Waals surface area contributed by atoms with Crippen molar-refractivity contribution in [2.24, 2.45) is 0 Å². The molecule has 0 saturated heterocycles. The highest BCUT2D eigenvalue weighted by molar-refractivity contribution is 7.18. The maximum Gasteiger partial charge on any atom is 0.345 e. The first-order valence-corrected chi connectivity index (χ1v) is 7.53. The molecule has 2 aromatic carbocycles. The van der Waals surface area contributed by atoms with Crippen LogP contribution in [0.25, 0.3) is 11.1 Å². The molecule has 1 N–H and O–H groups in total. The van der Waals surface area contributed by atoms with Crippen molar-refractivity contribution in [2.45, 2.75) is 0 Å². The van der Waals surface area contributed by atoms with Crippen LogP contribution in [0.5, 0.6) is 0 Å². The maximum absolute atomic E-state index is 12.5. The molecule has 0 spiro atoms. The normalized spacial score (nSPS) is 10.3. The number of nitrogens with zero attached hydrogens (tertiary/aromatic N) is 2. The molecule has 1 amide bonds. The SMILES string of the molecule is O=C(Nc1ncc([N+](=O)[O-])s1)c1ccccc1-c1ccccc1. The van der Waals surface area contributed by atoms with Crippen LogP contribution in [0.2, 0.25) is 0 Å². The summed E-state index contributed by atoms with van der Waals surface area (Å²) in [7, 11) is 0. The van der Waals surface area contributed by atoms with Crippen molar-refractivity contribution in [3.8, 4) is 11.1 Å². The number of benzene rings is 2. The van der Waals surface area contributed by atoms with E-state index in [9.17, 15) is 14.9 Å². The van der Waals surface area contributed by atoms with Crippen molar-refractivity contribution in [1.82, 2.24) is 4.98 Å². The van der Waals surface area contributed by atoms with Crippen LogP contribution in [-0.4, -0.2) is 15.8 Å². The third-order valence-electron chi connectivity index (χ3n) is 3.15. The molecule has 0 bridgehead atoms. The number of aromatic nitrogens is 1. The van der Waals surface area contributed by atoms with Gasteiger partial charge in [0, 0.05) is 5.56 Å². The van der Waals surface area contributed by atoms with Crippen LogP contribution in [0, 0.1) is 10.1 Å². The van der Waals surface area contributed by atoms with Gasteiger partial charge in [-0.1, -0.05) is 48.5 Å². The highest BCUT2D eigenvalue weighted by Gasteiger charge is 2.16. The summed E-state index contributed by atoms with van der Waals surface area (Å²) in [6, 6.07) is 16.7. The van der Waals surface area contributed by atoms with Gasteiger partial charge in [-0.2, -0.15) is 0 Å². The van der Waals surface area contributed by atoms with Crippen LogP contribution >= 0.6 is 11.3 Å². The number of carbonyl (C=O) groups is 1. The van der Waals surface area contributed by atoms with Gasteiger partial charge in [0.2, 0.25) is 0 Å². The molecule has 1 heterocycles. The van der Waals surface area contributed by atoms with Gasteiger partial charge in [0.25, 0.3) is 5.91 Å². The molecule has 0 atom stereocenters. The molecular formula is C16H11N3O3S. The summed E-state index contributed by atoms with van der Waals surface area (Å²) in [5.41, 5.74) is 2.19. The van der Waals surface area contributed by atoms with E-state index in [4.69, 9.17) is 0 Å². The van der Waals surface area contributed by atoms with Gasteiger partial charge >= 0.3 is 5.00 Å². The highest BCUT2D eigenvalue weighted by atomic mass is 32.1. The van der Waals surface area contributed by atoms with Gasteiger partial charge in [0.15, 0.2) is 5.13 Å². The molecule has 114 valence electrons. The topological polar surface area (TPSA) is 85.1 Å². The molecular weight excluding hydrogens is 314 g/mol. The molecule has 0 fully saturated rings. The molecule has 0 unspecified atom stereocenters. The van der Waals surface area contributed by atoms with E-state index in [-0.39, 0.29) is 16.0 Å². The van der Waals surface area contributed by atoms with E-state index in [1.807, 2.05) is 42.5 Å². The van der Waals surface area contributed by atoms with E-state index >= 15 is 0 Å². The van der Waals surface area contributed by atoms with Crippen molar-refractivity contribution >= 4 is 27.4 Å². The number of anilines is 1. The number of nitrogens with one attached hydrogen (secondary N) is 1. The lowest BCUT2D eigenvalue weighted by Crippen LogP contribution is -2.12. The van der Waals surface area contributed by atoms with Crippen LogP contribution in [0.15, 0.2) is 60.8 Å². The Bertz CT molecular complexity index is 862. The molecule has 0 aliphatic heterocycles. The Morgan fingerprint density at radius 2 is 1.78 bits per heavy atom. The van der Waals surface area contributed by atoms with Gasteiger partial charge in [0.05, 0.1) is 4.92 Å². The third kappa shape index (κ3) is 3.24. The fourth-order valence-electron chi connectivity index (χ4n) is 2.12. The van der Waals surface area contributed by atoms with Gasteiger partial charge in [-0.05, 0) is 28.5 Å². The second-order valence-electron chi connectivity index (χ2n) is 4.63. The predicted molar refractivity (Wildman–Crippen MR) is 88.6 cm³/mol. The molecule has 7 heteroatoms. The third-order valence-corrected chi connectivity index (χ3v) is 4.01. The fraction of sp³-hybridized carbons (Fsp3) is 0. The quantitative estimate of drug-likeness (QED) is 0.581. The summed E-state index contributed by atoms with van der Waals surface area (Å²) in [6.07, 6.45) is 1.13.